The average Bonchev–Trinajstić information content (AvgIpc) is 3.38. The van der Waals surface area contributed by atoms with Crippen molar-refractivity contribution in [3.63, 3.8) is 0 Å². The number of rotatable bonds is 14. The number of methoxy groups -OCH3 is 1. The Morgan fingerprint density at radius 2 is 1.86 bits per heavy atom. The number of hydrogen-bond donors (Lipinski definition) is 5. The summed E-state index contributed by atoms with van der Waals surface area (Å²) in [6.45, 7) is 1.90. The van der Waals surface area contributed by atoms with Crippen molar-refractivity contribution in [3.8, 4) is 5.75 Å². The van der Waals surface area contributed by atoms with E-state index in [0.29, 0.717) is 55.5 Å². The monoisotopic (exact) mass is 842 g/mol. The Labute approximate surface area is 276 Å². The summed E-state index contributed by atoms with van der Waals surface area (Å²) in [6.07, 6.45) is 2.94. The number of aliphatic hydroxyl groups is 1. The number of benzene rings is 1. The molecule has 0 saturated heterocycles. The molecule has 0 bridgehead atoms. The first-order valence-corrected chi connectivity index (χ1v) is 16.2. The number of allylic oxidation sites excluding steroid dienone is 1. The lowest BCUT2D eigenvalue weighted by Gasteiger charge is -2.33. The molecule has 12 nitrogen and oxygen atoms in total. The summed E-state index contributed by atoms with van der Waals surface area (Å²) in [5, 5.41) is 32.7. The van der Waals surface area contributed by atoms with Crippen LogP contribution in [0.2, 0.25) is 0 Å². The molecule has 230 valence electrons. The Bertz CT molecular complexity index is 1280. The predicted octanol–water partition coefficient (Wildman–Crippen LogP) is 3.03. The van der Waals surface area contributed by atoms with Gasteiger partial charge in [0.2, 0.25) is 0 Å². The van der Waals surface area contributed by atoms with Gasteiger partial charge in [-0.2, -0.15) is 0 Å². The van der Waals surface area contributed by atoms with Crippen LogP contribution in [0, 0.1) is 0 Å². The maximum absolute atomic E-state index is 12.7. The second-order valence-corrected chi connectivity index (χ2v) is 12.8. The molecular weight excluding hydrogens is 814 g/mol. The van der Waals surface area contributed by atoms with E-state index < -0.39 is 23.5 Å². The molecule has 1 spiro atoms. The van der Waals surface area contributed by atoms with E-state index in [1.807, 2.05) is 0 Å². The molecule has 1 aliphatic heterocycles. The van der Waals surface area contributed by atoms with E-state index in [-0.39, 0.29) is 24.3 Å². The lowest BCUT2D eigenvalue weighted by atomic mass is 9.87. The minimum Gasteiger partial charge on any atom is -0.495 e. The Balaban J connectivity index is 1.46. The molecule has 2 aliphatic rings. The summed E-state index contributed by atoms with van der Waals surface area (Å²) in [5.41, 5.74) is 3.44. The summed E-state index contributed by atoms with van der Waals surface area (Å²) in [7, 11) is 1.48. The van der Waals surface area contributed by atoms with Gasteiger partial charge < -0.3 is 41.0 Å². The minimum absolute atomic E-state index is 0.00139. The molecular formula is C26H32Br4N5O7+. The highest BCUT2D eigenvalue weighted by molar-refractivity contribution is 9.12. The highest BCUT2D eigenvalue weighted by Gasteiger charge is 2.50. The van der Waals surface area contributed by atoms with Crippen molar-refractivity contribution in [2.24, 2.45) is 10.3 Å². The number of carbonyl (C=O) groups is 2. The van der Waals surface area contributed by atoms with E-state index in [4.69, 9.17) is 14.3 Å². The second kappa shape index (κ2) is 16.2. The number of quaternary nitrogens is 1. The number of unbranched alkanes of at least 4 members (excludes halogenated alkanes) is 1. The third-order valence-electron chi connectivity index (χ3n) is 6.37. The number of ether oxygens (including phenoxy) is 2. The fourth-order valence-corrected chi connectivity index (χ4v) is 7.48. The molecule has 42 heavy (non-hydrogen) atoms. The quantitative estimate of drug-likeness (QED) is 0.0828. The zero-order valence-electron chi connectivity index (χ0n) is 22.7. The highest BCUT2D eigenvalue weighted by Crippen LogP contribution is 2.44. The van der Waals surface area contributed by atoms with E-state index in [9.17, 15) is 19.9 Å². The summed E-state index contributed by atoms with van der Waals surface area (Å²) in [6, 6.07) is 3.57. The number of hydrogen-bond acceptors (Lipinski definition) is 9. The van der Waals surface area contributed by atoms with Crippen molar-refractivity contribution in [1.29, 1.82) is 0 Å². The van der Waals surface area contributed by atoms with E-state index in [0.717, 1.165) is 24.9 Å². The molecule has 1 aromatic carbocycles. The standard InChI is InChI=1S/C26H31Br4N5O7/c1-40-22-17(29)12-26(23(36)20(22)30)13-19(35-42-26)25(38)33-7-4-8-41-21-15(27)9-14(10-16(21)28)11-18(34-39)24(37)32-6-3-2-5-31/h9-10,12,23,36,39H,2-8,11,13,31H2,1H3,(H,32,37)(H,33,38)/p+1/b34-18+/t23-,26+/m1/s1. The van der Waals surface area contributed by atoms with E-state index in [1.54, 1.807) is 18.2 Å². The third kappa shape index (κ3) is 8.56. The number of carbonyl (C=O) groups excluding carboxylic acids is 2. The molecule has 1 heterocycles. The molecule has 2 atom stereocenters. The van der Waals surface area contributed by atoms with Crippen LogP contribution in [0.3, 0.4) is 0 Å². The van der Waals surface area contributed by atoms with Gasteiger partial charge in [-0.05, 0) is 107 Å². The molecule has 0 fully saturated rings. The number of oxime groups is 2. The van der Waals surface area contributed by atoms with E-state index in [1.165, 1.54) is 7.11 Å². The van der Waals surface area contributed by atoms with Crippen molar-refractivity contribution in [2.75, 3.05) is 33.4 Å². The molecule has 0 unspecified atom stereocenters. The van der Waals surface area contributed by atoms with Gasteiger partial charge in [-0.25, -0.2) is 0 Å². The number of nitrogens with one attached hydrogen (secondary N) is 2. The van der Waals surface area contributed by atoms with E-state index >= 15 is 0 Å². The van der Waals surface area contributed by atoms with Gasteiger partial charge >= 0.3 is 0 Å². The Kier molecular flexibility index (Phi) is 13.3. The molecule has 7 N–H and O–H groups in total. The molecule has 1 aromatic rings. The van der Waals surface area contributed by atoms with Crippen LogP contribution in [0.25, 0.3) is 0 Å². The number of nitrogens with zero attached hydrogens (tertiary/aromatic N) is 2. The van der Waals surface area contributed by atoms with Gasteiger partial charge in [0, 0.05) is 25.9 Å². The zero-order valence-corrected chi connectivity index (χ0v) is 29.1. The van der Waals surface area contributed by atoms with Crippen molar-refractivity contribution in [2.45, 2.75) is 43.8 Å². The summed E-state index contributed by atoms with van der Waals surface area (Å²) in [5.74, 6) is 0.162. The third-order valence-corrected chi connectivity index (χ3v) is 8.93. The molecule has 0 saturated carbocycles. The maximum atomic E-state index is 12.7. The average molecular weight is 846 g/mol. The zero-order chi connectivity index (χ0) is 30.9. The van der Waals surface area contributed by atoms with Crippen LogP contribution >= 0.6 is 63.7 Å². The molecule has 0 radical (unpaired) electrons. The maximum Gasteiger partial charge on any atom is 0.269 e. The number of halogens is 4. The van der Waals surface area contributed by atoms with Crippen molar-refractivity contribution >= 4 is 87.0 Å². The molecule has 2 amide bonds. The van der Waals surface area contributed by atoms with Crippen LogP contribution in [-0.4, -0.2) is 78.6 Å². The van der Waals surface area contributed by atoms with Crippen molar-refractivity contribution < 1.29 is 39.9 Å². The Hall–Kier alpha value is -1.98. The normalized spacial score (nSPS) is 20.2. The summed E-state index contributed by atoms with van der Waals surface area (Å²) >= 11 is 13.7. The van der Waals surface area contributed by atoms with Crippen LogP contribution in [0.4, 0.5) is 0 Å². The van der Waals surface area contributed by atoms with Gasteiger partial charge in [0.15, 0.2) is 5.60 Å². The second-order valence-electron chi connectivity index (χ2n) is 9.42. The fourth-order valence-electron chi connectivity index (χ4n) is 4.18. The van der Waals surface area contributed by atoms with E-state index in [2.05, 4.69) is 90.4 Å². The number of amides is 2. The first-order valence-electron chi connectivity index (χ1n) is 13.0. The smallest absolute Gasteiger partial charge is 0.269 e. The van der Waals surface area contributed by atoms with Crippen LogP contribution < -0.4 is 21.1 Å². The molecule has 1 aliphatic carbocycles. The van der Waals surface area contributed by atoms with Gasteiger partial charge in [0.1, 0.15) is 29.0 Å². The Morgan fingerprint density at radius 3 is 2.50 bits per heavy atom. The van der Waals surface area contributed by atoms with Crippen LogP contribution in [-0.2, 0) is 25.6 Å². The van der Waals surface area contributed by atoms with Crippen molar-refractivity contribution in [1.82, 2.24) is 10.6 Å². The topological polar surface area (TPSA) is 179 Å². The fraction of sp³-hybridized carbons (Fsp3) is 0.462. The van der Waals surface area contributed by atoms with Gasteiger partial charge in [-0.15, -0.1) is 0 Å². The first kappa shape index (κ1) is 34.5. The van der Waals surface area contributed by atoms with Gasteiger partial charge in [-0.3, -0.25) is 9.59 Å². The van der Waals surface area contributed by atoms with Gasteiger partial charge in [0.25, 0.3) is 11.8 Å². The lowest BCUT2D eigenvalue weighted by molar-refractivity contribution is -0.368. The lowest BCUT2D eigenvalue weighted by Crippen LogP contribution is -2.50. The number of aliphatic hydroxyl groups excluding tert-OH is 1. The van der Waals surface area contributed by atoms with Gasteiger partial charge in [0.05, 0.1) is 38.2 Å². The molecule has 16 heteroatoms. The molecule has 3 rings (SSSR count). The molecule has 0 aromatic heterocycles. The van der Waals surface area contributed by atoms with Crippen LogP contribution in [0.15, 0.2) is 52.2 Å². The van der Waals surface area contributed by atoms with Gasteiger partial charge in [-0.1, -0.05) is 10.3 Å². The summed E-state index contributed by atoms with van der Waals surface area (Å²) < 4.78 is 13.4. The first-order chi connectivity index (χ1) is 20.1. The van der Waals surface area contributed by atoms with Crippen LogP contribution in [0.5, 0.6) is 5.75 Å². The minimum atomic E-state index is -1.22. The summed E-state index contributed by atoms with van der Waals surface area (Å²) in [4.78, 5) is 30.5. The Morgan fingerprint density at radius 1 is 1.17 bits per heavy atom. The van der Waals surface area contributed by atoms with Crippen LogP contribution in [0.1, 0.15) is 31.2 Å². The largest absolute Gasteiger partial charge is 0.495 e. The van der Waals surface area contributed by atoms with Crippen molar-refractivity contribution in [3.05, 3.63) is 47.4 Å². The highest BCUT2D eigenvalue weighted by atomic mass is 79.9. The SMILES string of the molecule is COC1=C(Br)[C@@H](O)[C@]2(C=C1Br)CC(C(=O)NCCCOc1c(Br)cc(C/C(=N\O)C(=O)NCCCC[NH3+])cc1Br)=NO2. The predicted molar refractivity (Wildman–Crippen MR) is 170 cm³/mol.